The highest BCUT2D eigenvalue weighted by Gasteiger charge is 2.11. The van der Waals surface area contributed by atoms with Crippen LogP contribution in [0.3, 0.4) is 0 Å². The summed E-state index contributed by atoms with van der Waals surface area (Å²) < 4.78 is 5.38. The lowest BCUT2D eigenvalue weighted by molar-refractivity contribution is 0.477. The zero-order valence-corrected chi connectivity index (χ0v) is 9.08. The van der Waals surface area contributed by atoms with E-state index >= 15 is 0 Å². The maximum absolute atomic E-state index is 5.81. The van der Waals surface area contributed by atoms with Crippen molar-refractivity contribution in [2.45, 2.75) is 13.5 Å². The molecule has 0 spiro atoms. The molecule has 0 aliphatic heterocycles. The van der Waals surface area contributed by atoms with Crippen molar-refractivity contribution < 1.29 is 4.42 Å². The lowest BCUT2D eigenvalue weighted by Crippen LogP contribution is -1.96. The number of nitrogens with zero attached hydrogens (tertiary/aromatic N) is 1. The summed E-state index contributed by atoms with van der Waals surface area (Å²) in [7, 11) is 0. The molecule has 4 heteroatoms. The van der Waals surface area contributed by atoms with Gasteiger partial charge in [-0.25, -0.2) is 4.98 Å². The van der Waals surface area contributed by atoms with Crippen LogP contribution in [0.1, 0.15) is 11.7 Å². The van der Waals surface area contributed by atoms with Crippen molar-refractivity contribution in [3.05, 3.63) is 40.9 Å². The van der Waals surface area contributed by atoms with Crippen molar-refractivity contribution in [1.82, 2.24) is 4.98 Å². The third-order valence-electron chi connectivity index (χ3n) is 2.11. The van der Waals surface area contributed by atoms with Crippen LogP contribution in [0.5, 0.6) is 0 Å². The fourth-order valence-corrected chi connectivity index (χ4v) is 1.57. The summed E-state index contributed by atoms with van der Waals surface area (Å²) in [4.78, 5) is 4.29. The monoisotopic (exact) mass is 222 g/mol. The van der Waals surface area contributed by atoms with Crippen LogP contribution in [0.25, 0.3) is 11.3 Å². The molecule has 0 unspecified atom stereocenters. The van der Waals surface area contributed by atoms with Crippen LogP contribution in [-0.4, -0.2) is 4.98 Å². The summed E-state index contributed by atoms with van der Waals surface area (Å²) in [6.45, 7) is 2.15. The minimum atomic E-state index is 0.346. The highest BCUT2D eigenvalue weighted by Crippen LogP contribution is 2.24. The van der Waals surface area contributed by atoms with E-state index in [-0.39, 0.29) is 0 Å². The van der Waals surface area contributed by atoms with Crippen LogP contribution in [0.15, 0.2) is 28.7 Å². The number of nitrogens with two attached hydrogens (primary N) is 1. The second-order valence-electron chi connectivity index (χ2n) is 3.22. The van der Waals surface area contributed by atoms with Crippen LogP contribution >= 0.6 is 11.6 Å². The topological polar surface area (TPSA) is 52.0 Å². The Morgan fingerprint density at radius 2 is 2.00 bits per heavy atom. The Kier molecular flexibility index (Phi) is 2.75. The van der Waals surface area contributed by atoms with Crippen LogP contribution in [-0.2, 0) is 6.54 Å². The number of aryl methyl sites for hydroxylation is 1. The SMILES string of the molecule is Cc1nc(-c2ccc(Cl)cc2)c(CN)o1. The van der Waals surface area contributed by atoms with Crippen LogP contribution in [0.2, 0.25) is 5.02 Å². The minimum absolute atomic E-state index is 0.346. The molecule has 2 aromatic rings. The predicted molar refractivity (Wildman–Crippen MR) is 59.6 cm³/mol. The van der Waals surface area contributed by atoms with E-state index in [9.17, 15) is 0 Å². The van der Waals surface area contributed by atoms with Gasteiger partial charge < -0.3 is 10.2 Å². The van der Waals surface area contributed by atoms with Crippen molar-refractivity contribution in [1.29, 1.82) is 0 Å². The Hall–Kier alpha value is -1.32. The highest BCUT2D eigenvalue weighted by atomic mass is 35.5. The van der Waals surface area contributed by atoms with Crippen LogP contribution < -0.4 is 5.73 Å². The number of aromatic nitrogens is 1. The molecule has 78 valence electrons. The quantitative estimate of drug-likeness (QED) is 0.850. The number of rotatable bonds is 2. The zero-order chi connectivity index (χ0) is 10.8. The predicted octanol–water partition coefficient (Wildman–Crippen LogP) is 2.76. The first-order chi connectivity index (χ1) is 7.20. The molecular weight excluding hydrogens is 212 g/mol. The summed E-state index contributed by atoms with van der Waals surface area (Å²) in [5.74, 6) is 1.33. The molecule has 3 nitrogen and oxygen atoms in total. The van der Waals surface area contributed by atoms with E-state index in [1.807, 2.05) is 24.3 Å². The van der Waals surface area contributed by atoms with Gasteiger partial charge >= 0.3 is 0 Å². The lowest BCUT2D eigenvalue weighted by atomic mass is 10.1. The number of benzene rings is 1. The van der Waals surface area contributed by atoms with Crippen LogP contribution in [0, 0.1) is 6.92 Å². The second-order valence-corrected chi connectivity index (χ2v) is 3.65. The fourth-order valence-electron chi connectivity index (χ4n) is 1.44. The summed E-state index contributed by atoms with van der Waals surface area (Å²) >= 11 is 5.81. The average Bonchev–Trinajstić information content (AvgIpc) is 2.61. The molecule has 1 aromatic carbocycles. The Bertz CT molecular complexity index is 462. The first-order valence-electron chi connectivity index (χ1n) is 4.63. The average molecular weight is 223 g/mol. The molecule has 1 heterocycles. The van der Waals surface area contributed by atoms with E-state index in [2.05, 4.69) is 4.98 Å². The molecule has 0 atom stereocenters. The molecule has 1 aromatic heterocycles. The first kappa shape index (κ1) is 10.2. The van der Waals surface area contributed by atoms with Gasteiger partial charge in [-0.15, -0.1) is 0 Å². The largest absolute Gasteiger partial charge is 0.444 e. The van der Waals surface area contributed by atoms with Gasteiger partial charge in [0.1, 0.15) is 11.5 Å². The summed E-state index contributed by atoms with van der Waals surface area (Å²) in [6.07, 6.45) is 0. The minimum Gasteiger partial charge on any atom is -0.444 e. The van der Waals surface area contributed by atoms with Crippen molar-refractivity contribution in [3.8, 4) is 11.3 Å². The Morgan fingerprint density at radius 1 is 1.33 bits per heavy atom. The number of halogens is 1. The van der Waals surface area contributed by atoms with Gasteiger partial charge in [0.15, 0.2) is 5.89 Å². The molecule has 0 bridgehead atoms. The van der Waals surface area contributed by atoms with Crippen molar-refractivity contribution in [2.75, 3.05) is 0 Å². The third-order valence-corrected chi connectivity index (χ3v) is 2.36. The Balaban J connectivity index is 2.48. The van der Waals surface area contributed by atoms with E-state index in [4.69, 9.17) is 21.8 Å². The number of oxazole rings is 1. The zero-order valence-electron chi connectivity index (χ0n) is 8.33. The molecule has 0 amide bonds. The van der Waals surface area contributed by atoms with Gasteiger partial charge in [0.2, 0.25) is 0 Å². The standard InChI is InChI=1S/C11H11ClN2O/c1-7-14-11(10(6-13)15-7)8-2-4-9(12)5-3-8/h2-5H,6,13H2,1H3. The molecule has 0 radical (unpaired) electrons. The van der Waals surface area contributed by atoms with Gasteiger partial charge in [0.25, 0.3) is 0 Å². The van der Waals surface area contributed by atoms with Gasteiger partial charge in [0, 0.05) is 17.5 Å². The maximum Gasteiger partial charge on any atom is 0.191 e. The van der Waals surface area contributed by atoms with Gasteiger partial charge in [-0.05, 0) is 12.1 Å². The van der Waals surface area contributed by atoms with Crippen molar-refractivity contribution in [3.63, 3.8) is 0 Å². The summed E-state index contributed by atoms with van der Waals surface area (Å²) in [5.41, 5.74) is 7.34. The van der Waals surface area contributed by atoms with Crippen molar-refractivity contribution in [2.24, 2.45) is 5.73 Å². The molecule has 0 aliphatic rings. The first-order valence-corrected chi connectivity index (χ1v) is 5.01. The third kappa shape index (κ3) is 2.03. The maximum atomic E-state index is 5.81. The van der Waals surface area contributed by atoms with E-state index in [1.54, 1.807) is 6.92 Å². The highest BCUT2D eigenvalue weighted by molar-refractivity contribution is 6.30. The molecule has 0 aliphatic carbocycles. The van der Waals surface area contributed by atoms with Gasteiger partial charge in [-0.2, -0.15) is 0 Å². The van der Waals surface area contributed by atoms with Crippen molar-refractivity contribution >= 4 is 11.6 Å². The summed E-state index contributed by atoms with van der Waals surface area (Å²) in [6, 6.07) is 7.44. The molecule has 2 rings (SSSR count). The molecule has 0 saturated heterocycles. The van der Waals surface area contributed by atoms with Gasteiger partial charge in [-0.3, -0.25) is 0 Å². The fraction of sp³-hybridized carbons (Fsp3) is 0.182. The Labute approximate surface area is 92.9 Å². The summed E-state index contributed by atoms with van der Waals surface area (Å²) in [5, 5.41) is 0.702. The second kappa shape index (κ2) is 4.04. The smallest absolute Gasteiger partial charge is 0.191 e. The van der Waals surface area contributed by atoms with Gasteiger partial charge in [-0.1, -0.05) is 23.7 Å². The number of hydrogen-bond acceptors (Lipinski definition) is 3. The molecule has 15 heavy (non-hydrogen) atoms. The molecule has 0 saturated carbocycles. The normalized spacial score (nSPS) is 10.6. The van der Waals surface area contributed by atoms with E-state index < -0.39 is 0 Å². The van der Waals surface area contributed by atoms with E-state index in [0.717, 1.165) is 11.3 Å². The molecule has 0 fully saturated rings. The van der Waals surface area contributed by atoms with Crippen LogP contribution in [0.4, 0.5) is 0 Å². The van der Waals surface area contributed by atoms with Gasteiger partial charge in [0.05, 0.1) is 6.54 Å². The molecule has 2 N–H and O–H groups in total. The van der Waals surface area contributed by atoms with E-state index in [0.29, 0.717) is 23.2 Å². The number of hydrogen-bond donors (Lipinski definition) is 1. The Morgan fingerprint density at radius 3 is 2.60 bits per heavy atom. The lowest BCUT2D eigenvalue weighted by Gasteiger charge is -1.98. The van der Waals surface area contributed by atoms with E-state index in [1.165, 1.54) is 0 Å². The molecular formula is C11H11ClN2O.